The maximum absolute atomic E-state index is 13.3. The van der Waals surface area contributed by atoms with Gasteiger partial charge >= 0.3 is 11.9 Å². The van der Waals surface area contributed by atoms with Gasteiger partial charge in [-0.15, -0.1) is 0 Å². The highest BCUT2D eigenvalue weighted by Gasteiger charge is 2.57. The Balaban J connectivity index is 1.67. The number of carboxylic acids is 2. The van der Waals surface area contributed by atoms with Crippen molar-refractivity contribution in [2.24, 2.45) is 11.8 Å². The summed E-state index contributed by atoms with van der Waals surface area (Å²) < 4.78 is 19.0. The summed E-state index contributed by atoms with van der Waals surface area (Å²) in [4.78, 5) is 35.9. The Hall–Kier alpha value is -3.22. The summed E-state index contributed by atoms with van der Waals surface area (Å²) in [5, 5.41) is 19.1. The number of halogens is 1. The van der Waals surface area contributed by atoms with Gasteiger partial charge < -0.3 is 14.9 Å². The van der Waals surface area contributed by atoms with Crippen LogP contribution in [0.15, 0.2) is 42.5 Å². The van der Waals surface area contributed by atoms with Crippen molar-refractivity contribution in [2.45, 2.75) is 24.9 Å². The van der Waals surface area contributed by atoms with Gasteiger partial charge in [-0.1, -0.05) is 18.2 Å². The molecule has 0 heterocycles. The minimum atomic E-state index is -1.30. The van der Waals surface area contributed by atoms with Crippen LogP contribution in [0.1, 0.15) is 34.9 Å². The summed E-state index contributed by atoms with van der Waals surface area (Å²) in [6.07, 6.45) is 0.0297. The molecule has 144 valence electrons. The lowest BCUT2D eigenvalue weighted by molar-refractivity contribution is -0.160. The standard InChI is InChI=1S/C21H17FO6/c22-11-3-1-2-10(6-11)9-28-12-4-5-13-14(7-12)17-16(23)8-15(13)18(20(24)25)19(17)21(26)27/h1-7,15,17-19H,8-9H2,(H,24,25)(H,26,27). The molecule has 7 heteroatoms. The minimum Gasteiger partial charge on any atom is -0.489 e. The van der Waals surface area contributed by atoms with E-state index in [0.717, 1.165) is 0 Å². The van der Waals surface area contributed by atoms with Gasteiger partial charge in [0.25, 0.3) is 0 Å². The number of carboxylic acid groups (broad SMARTS) is 2. The lowest BCUT2D eigenvalue weighted by Crippen LogP contribution is -2.49. The lowest BCUT2D eigenvalue weighted by Gasteiger charge is -2.45. The molecule has 28 heavy (non-hydrogen) atoms. The Morgan fingerprint density at radius 1 is 1.04 bits per heavy atom. The topological polar surface area (TPSA) is 101 Å². The van der Waals surface area contributed by atoms with Gasteiger partial charge in [0.15, 0.2) is 0 Å². The molecule has 0 spiro atoms. The van der Waals surface area contributed by atoms with Crippen molar-refractivity contribution in [3.05, 3.63) is 65.0 Å². The van der Waals surface area contributed by atoms with Crippen LogP contribution in [0.5, 0.6) is 5.75 Å². The van der Waals surface area contributed by atoms with Crippen LogP contribution in [-0.4, -0.2) is 27.9 Å². The molecule has 2 bridgehead atoms. The smallest absolute Gasteiger partial charge is 0.308 e. The number of ether oxygens (including phenoxy) is 1. The third-order valence-corrected chi connectivity index (χ3v) is 5.61. The van der Waals surface area contributed by atoms with Crippen molar-refractivity contribution in [2.75, 3.05) is 0 Å². The van der Waals surface area contributed by atoms with Gasteiger partial charge in [0, 0.05) is 12.3 Å². The normalized spacial score (nSPS) is 25.2. The molecule has 2 aromatic carbocycles. The summed E-state index contributed by atoms with van der Waals surface area (Å²) in [5.41, 5.74) is 1.83. The van der Waals surface area contributed by atoms with Crippen LogP contribution < -0.4 is 4.74 Å². The van der Waals surface area contributed by atoms with Gasteiger partial charge in [-0.3, -0.25) is 14.4 Å². The average molecular weight is 384 g/mol. The first-order valence-corrected chi connectivity index (χ1v) is 8.86. The van der Waals surface area contributed by atoms with Crippen molar-refractivity contribution >= 4 is 17.7 Å². The fourth-order valence-corrected chi connectivity index (χ4v) is 4.46. The summed E-state index contributed by atoms with van der Waals surface area (Å²) in [6, 6.07) is 10.9. The quantitative estimate of drug-likeness (QED) is 0.822. The highest BCUT2D eigenvalue weighted by atomic mass is 19.1. The molecule has 1 saturated carbocycles. The molecule has 3 aliphatic rings. The monoisotopic (exact) mass is 384 g/mol. The largest absolute Gasteiger partial charge is 0.489 e. The van der Waals surface area contributed by atoms with Crippen molar-refractivity contribution in [3.63, 3.8) is 0 Å². The molecule has 0 radical (unpaired) electrons. The van der Waals surface area contributed by atoms with Gasteiger partial charge in [0.05, 0.1) is 17.8 Å². The Kier molecular flexibility index (Phi) is 4.37. The average Bonchev–Trinajstić information content (AvgIpc) is 2.65. The first kappa shape index (κ1) is 18.2. The Bertz CT molecular complexity index is 985. The first-order chi connectivity index (χ1) is 13.4. The maximum atomic E-state index is 13.3. The molecule has 0 saturated heterocycles. The summed E-state index contributed by atoms with van der Waals surface area (Å²) >= 11 is 0. The first-order valence-electron chi connectivity index (χ1n) is 8.86. The number of aliphatic carboxylic acids is 2. The molecule has 0 aliphatic heterocycles. The zero-order valence-electron chi connectivity index (χ0n) is 14.7. The second kappa shape index (κ2) is 6.74. The molecule has 3 aliphatic carbocycles. The van der Waals surface area contributed by atoms with Crippen LogP contribution in [-0.2, 0) is 21.0 Å². The van der Waals surface area contributed by atoms with Crippen molar-refractivity contribution in [3.8, 4) is 5.75 Å². The van der Waals surface area contributed by atoms with E-state index in [1.54, 1.807) is 30.3 Å². The summed E-state index contributed by atoms with van der Waals surface area (Å²) in [6.45, 7) is 0.110. The Morgan fingerprint density at radius 2 is 1.79 bits per heavy atom. The molecule has 0 amide bonds. The molecule has 4 unspecified atom stereocenters. The van der Waals surface area contributed by atoms with E-state index in [4.69, 9.17) is 4.74 Å². The molecular weight excluding hydrogens is 367 g/mol. The van der Waals surface area contributed by atoms with Crippen molar-refractivity contribution < 1.29 is 33.7 Å². The third kappa shape index (κ3) is 2.93. The van der Waals surface area contributed by atoms with E-state index >= 15 is 0 Å². The van der Waals surface area contributed by atoms with E-state index < -0.39 is 35.6 Å². The number of carbonyl (C=O) groups excluding carboxylic acids is 1. The molecule has 1 fully saturated rings. The van der Waals surface area contributed by atoms with Crippen LogP contribution >= 0.6 is 0 Å². The number of Topliss-reactive ketones (excluding diaryl/α,β-unsaturated/α-hetero) is 1. The number of hydrogen-bond donors (Lipinski definition) is 2. The highest BCUT2D eigenvalue weighted by molar-refractivity contribution is 5.98. The van der Waals surface area contributed by atoms with E-state index in [9.17, 15) is 29.0 Å². The van der Waals surface area contributed by atoms with E-state index in [-0.39, 0.29) is 24.6 Å². The second-order valence-corrected chi connectivity index (χ2v) is 7.19. The predicted octanol–water partition coefficient (Wildman–Crippen LogP) is 2.96. The minimum absolute atomic E-state index is 0.0297. The van der Waals surface area contributed by atoms with Gasteiger partial charge in [0.1, 0.15) is 24.0 Å². The van der Waals surface area contributed by atoms with E-state index in [1.807, 2.05) is 0 Å². The maximum Gasteiger partial charge on any atom is 0.308 e. The second-order valence-electron chi connectivity index (χ2n) is 7.19. The SMILES string of the molecule is O=C1CC2c3ccc(OCc4cccc(F)c4)cc3C1C(C(=O)O)C2C(=O)O. The number of benzene rings is 2. The van der Waals surface area contributed by atoms with Crippen LogP contribution in [0.3, 0.4) is 0 Å². The number of rotatable bonds is 5. The third-order valence-electron chi connectivity index (χ3n) is 5.61. The highest BCUT2D eigenvalue weighted by Crippen LogP contribution is 2.54. The summed E-state index contributed by atoms with van der Waals surface area (Å²) in [5.74, 6) is -6.80. The summed E-state index contributed by atoms with van der Waals surface area (Å²) in [7, 11) is 0. The molecule has 6 nitrogen and oxygen atoms in total. The van der Waals surface area contributed by atoms with Crippen LogP contribution in [0.4, 0.5) is 4.39 Å². The number of carbonyl (C=O) groups is 3. The molecule has 4 atom stereocenters. The molecule has 0 aromatic heterocycles. The van der Waals surface area contributed by atoms with Crippen LogP contribution in [0.2, 0.25) is 0 Å². The van der Waals surface area contributed by atoms with Gasteiger partial charge in [-0.05, 0) is 41.0 Å². The van der Waals surface area contributed by atoms with E-state index in [2.05, 4.69) is 0 Å². The lowest BCUT2D eigenvalue weighted by atomic mass is 9.55. The van der Waals surface area contributed by atoms with Gasteiger partial charge in [-0.2, -0.15) is 0 Å². The van der Waals surface area contributed by atoms with Crippen LogP contribution in [0, 0.1) is 17.7 Å². The number of hydrogen-bond acceptors (Lipinski definition) is 4. The predicted molar refractivity (Wildman–Crippen MR) is 94.5 cm³/mol. The Labute approximate surface area is 159 Å². The van der Waals surface area contributed by atoms with Gasteiger partial charge in [0.2, 0.25) is 0 Å². The van der Waals surface area contributed by atoms with Crippen LogP contribution in [0.25, 0.3) is 0 Å². The zero-order valence-corrected chi connectivity index (χ0v) is 14.7. The Morgan fingerprint density at radius 3 is 2.46 bits per heavy atom. The van der Waals surface area contributed by atoms with E-state index in [1.165, 1.54) is 12.1 Å². The fraction of sp³-hybridized carbons (Fsp3) is 0.286. The van der Waals surface area contributed by atoms with Crippen molar-refractivity contribution in [1.82, 2.24) is 0 Å². The molecular formula is C21H17FO6. The zero-order chi connectivity index (χ0) is 20.0. The fourth-order valence-electron chi connectivity index (χ4n) is 4.46. The van der Waals surface area contributed by atoms with Gasteiger partial charge in [-0.25, -0.2) is 4.39 Å². The molecule has 2 N–H and O–H groups in total. The number of fused-ring (bicyclic) bond motifs is 2. The van der Waals surface area contributed by atoms with E-state index in [0.29, 0.717) is 22.4 Å². The number of ketones is 1. The molecule has 2 aromatic rings. The van der Waals surface area contributed by atoms with Crippen molar-refractivity contribution in [1.29, 1.82) is 0 Å². The molecule has 5 rings (SSSR count).